The van der Waals surface area contributed by atoms with Crippen LogP contribution in [0.4, 0.5) is 0 Å². The molecule has 1 aliphatic rings. The monoisotopic (exact) mass is 445 g/mol. The number of hydrogen-bond acceptors (Lipinski definition) is 4. The van der Waals surface area contributed by atoms with E-state index in [0.717, 1.165) is 12.8 Å². The lowest BCUT2D eigenvalue weighted by Gasteiger charge is -2.43. The average Bonchev–Trinajstić information content (AvgIpc) is 2.17. The molecule has 0 aromatic carbocycles. The maximum absolute atomic E-state index is 11.3. The molecule has 0 spiro atoms. The third kappa shape index (κ3) is 4.13. The maximum atomic E-state index is 11.3. The molecule has 1 heterocycles. The molecular weight excluding hydrogens is 424 g/mol. The van der Waals surface area contributed by atoms with Crippen LogP contribution in [0.1, 0.15) is 25.7 Å². The molecule has 0 amide bonds. The van der Waals surface area contributed by atoms with Crippen LogP contribution in [0.2, 0.25) is 0 Å². The molecule has 11 heteroatoms. The Kier molecular flexibility index (Phi) is 6.68. The minimum Gasteiger partial charge on any atom is -1.00 e. The first-order chi connectivity index (χ1) is 8.31. The molecule has 0 aliphatic carbocycles. The Morgan fingerprint density at radius 3 is 2.15 bits per heavy atom. The van der Waals surface area contributed by atoms with E-state index in [9.17, 15) is 18.1 Å². The van der Waals surface area contributed by atoms with Crippen molar-refractivity contribution in [1.29, 1.82) is 0 Å². The van der Waals surface area contributed by atoms with E-state index in [1.165, 1.54) is 0 Å². The third-order valence-electron chi connectivity index (χ3n) is 3.88. The smallest absolute Gasteiger partial charge is 0.375 e. The first-order valence-electron chi connectivity index (χ1n) is 5.89. The van der Waals surface area contributed by atoms with Crippen LogP contribution in [-0.4, -0.2) is 63.7 Å². The van der Waals surface area contributed by atoms with Crippen molar-refractivity contribution in [3.8, 4) is 0 Å². The predicted octanol–water partition coefficient (Wildman–Crippen LogP) is -3.28. The van der Waals surface area contributed by atoms with E-state index in [0.29, 0.717) is 17.4 Å². The first kappa shape index (κ1) is 20.7. The van der Waals surface area contributed by atoms with Gasteiger partial charge in [-0.2, -0.15) is 8.42 Å². The molecule has 1 rings (SSSR count). The lowest BCUT2D eigenvalue weighted by Crippen LogP contribution is -3.00. The Bertz CT molecular complexity index is 491. The van der Waals surface area contributed by atoms with Crippen LogP contribution in [-0.2, 0) is 14.7 Å². The fourth-order valence-electron chi connectivity index (χ4n) is 2.46. The number of hydrogen-bond donors (Lipinski definition) is 4. The topological polar surface area (TPSA) is 132 Å². The minimum absolute atomic E-state index is 0. The van der Waals surface area contributed by atoms with Gasteiger partial charge in [-0.15, -0.1) is 0 Å². The molecule has 1 fully saturated rings. The summed E-state index contributed by atoms with van der Waals surface area (Å²) in [5.74, 6) is 0. The van der Waals surface area contributed by atoms with Crippen molar-refractivity contribution >= 4 is 17.7 Å². The molecule has 1 saturated heterocycles. The highest BCUT2D eigenvalue weighted by Gasteiger charge is 2.59. The van der Waals surface area contributed by atoms with Crippen molar-refractivity contribution < 1.29 is 60.9 Å². The summed E-state index contributed by atoms with van der Waals surface area (Å²) in [6.07, 6.45) is 1.55. The van der Waals surface area contributed by atoms with Crippen LogP contribution in [0.15, 0.2) is 0 Å². The molecule has 2 unspecified atom stereocenters. The van der Waals surface area contributed by atoms with Crippen LogP contribution < -0.4 is 24.0 Å². The molecule has 8 nitrogen and oxygen atoms in total. The second-order valence-corrected chi connectivity index (χ2v) is 9.37. The Hall–Kier alpha value is 0.710. The fourth-order valence-corrected chi connectivity index (χ4v) is 4.52. The van der Waals surface area contributed by atoms with Gasteiger partial charge in [0.1, 0.15) is 0 Å². The van der Waals surface area contributed by atoms with Gasteiger partial charge in [-0.05, 0) is 19.3 Å². The largest absolute Gasteiger partial charge is 1.00 e. The summed E-state index contributed by atoms with van der Waals surface area (Å²) in [7, 11) is -7.11. The van der Waals surface area contributed by atoms with Crippen molar-refractivity contribution in [3.63, 3.8) is 0 Å². The quantitative estimate of drug-likeness (QED) is 0.155. The van der Waals surface area contributed by atoms with Crippen LogP contribution in [0.3, 0.4) is 0 Å². The molecule has 0 bridgehead atoms. The van der Waals surface area contributed by atoms with Gasteiger partial charge in [0.2, 0.25) is 0 Å². The molecule has 2 atom stereocenters. The highest BCUT2D eigenvalue weighted by atomic mass is 127. The van der Waals surface area contributed by atoms with Crippen molar-refractivity contribution in [3.05, 3.63) is 0 Å². The van der Waals surface area contributed by atoms with E-state index in [4.69, 9.17) is 14.3 Å². The van der Waals surface area contributed by atoms with Crippen LogP contribution in [0.25, 0.3) is 0 Å². The summed E-state index contributed by atoms with van der Waals surface area (Å²) >= 11 is 0. The maximum Gasteiger partial charge on any atom is 0.375 e. The molecule has 20 heavy (non-hydrogen) atoms. The van der Waals surface area contributed by atoms with Gasteiger partial charge in [-0.3, -0.25) is 9.12 Å². The summed E-state index contributed by atoms with van der Waals surface area (Å²) in [5, 5.41) is 9.86. The number of rotatable bonds is 4. The van der Waals surface area contributed by atoms with Gasteiger partial charge < -0.3 is 43.4 Å². The Balaban J connectivity index is 0.00000361. The van der Waals surface area contributed by atoms with Gasteiger partial charge in [-0.25, -0.2) is 0 Å². The van der Waals surface area contributed by atoms with Gasteiger partial charge in [0, 0.05) is 0 Å². The number of aliphatic hydroxyl groups is 1. The highest BCUT2D eigenvalue weighted by molar-refractivity contribution is 7.94. The van der Waals surface area contributed by atoms with Gasteiger partial charge in [0.15, 0.2) is 0 Å². The van der Waals surface area contributed by atoms with Crippen LogP contribution >= 0.6 is 7.60 Å². The molecule has 0 saturated carbocycles. The Labute approximate surface area is 135 Å². The van der Waals surface area contributed by atoms with E-state index >= 15 is 0 Å². The van der Waals surface area contributed by atoms with E-state index < -0.39 is 34.9 Å². The summed E-state index contributed by atoms with van der Waals surface area (Å²) < 4.78 is 39.6. The fraction of sp³-hybridized carbons (Fsp3) is 1.00. The lowest BCUT2D eigenvalue weighted by atomic mass is 9.97. The number of halogens is 1. The van der Waals surface area contributed by atoms with Crippen LogP contribution in [0, 0.1) is 0 Å². The van der Waals surface area contributed by atoms with Gasteiger partial charge >= 0.3 is 17.7 Å². The Morgan fingerprint density at radius 1 is 1.30 bits per heavy atom. The molecule has 122 valence electrons. The normalized spacial score (nSPS) is 26.4. The minimum atomic E-state index is -5.42. The summed E-state index contributed by atoms with van der Waals surface area (Å²) in [4.78, 5) is 18.2. The molecule has 4 N–H and O–H groups in total. The zero-order chi connectivity index (χ0) is 15.1. The summed E-state index contributed by atoms with van der Waals surface area (Å²) in [6, 6.07) is -0.451. The lowest BCUT2D eigenvalue weighted by molar-refractivity contribution is -0.920. The van der Waals surface area contributed by atoms with E-state index in [1.54, 1.807) is 14.1 Å². The second-order valence-electron chi connectivity index (χ2n) is 5.62. The molecule has 0 aromatic rings. The van der Waals surface area contributed by atoms with Gasteiger partial charge in [-0.1, -0.05) is 0 Å². The summed E-state index contributed by atoms with van der Waals surface area (Å²) in [6.45, 7) is 0.716. The summed E-state index contributed by atoms with van der Waals surface area (Å²) in [5.41, 5.74) is 0. The zero-order valence-corrected chi connectivity index (χ0v) is 15.2. The van der Waals surface area contributed by atoms with Gasteiger partial charge in [0.05, 0.1) is 33.1 Å². The second kappa shape index (κ2) is 6.45. The van der Waals surface area contributed by atoms with E-state index in [2.05, 4.69) is 0 Å². The Morgan fingerprint density at radius 2 is 1.80 bits per heavy atom. The third-order valence-corrected chi connectivity index (χ3v) is 7.37. The van der Waals surface area contributed by atoms with Crippen molar-refractivity contribution in [2.75, 3.05) is 20.6 Å². The number of likely N-dealkylation sites (tertiary alicyclic amines) is 1. The van der Waals surface area contributed by atoms with E-state index in [1.807, 2.05) is 0 Å². The van der Waals surface area contributed by atoms with Crippen molar-refractivity contribution in [1.82, 2.24) is 0 Å². The van der Waals surface area contributed by atoms with E-state index in [-0.39, 0.29) is 24.0 Å². The molecular formula is C9H21INO7PS. The van der Waals surface area contributed by atoms with Crippen molar-refractivity contribution in [2.24, 2.45) is 0 Å². The SMILES string of the molecule is C[N+]1(C)CCCCC1CC(O)(P(=O)(O)O)S(=O)(=O)O.[I-]. The number of quaternary nitrogens is 1. The first-order valence-corrected chi connectivity index (χ1v) is 8.94. The number of piperidine rings is 1. The predicted molar refractivity (Wildman–Crippen MR) is 67.8 cm³/mol. The average molecular weight is 445 g/mol. The zero-order valence-electron chi connectivity index (χ0n) is 11.3. The molecule has 0 radical (unpaired) electrons. The standard InChI is InChI=1S/C9H20NO7PS.HI/c1-10(2)6-4-3-5-8(10)7-9(11,18(12,13)14)19(15,16)17;/h8,11H,3-7H2,1-2H3,(H2-,12,13,14,15,16,17);1H. The van der Waals surface area contributed by atoms with Gasteiger partial charge in [0.25, 0.3) is 4.67 Å². The van der Waals surface area contributed by atoms with Crippen molar-refractivity contribution in [2.45, 2.75) is 36.4 Å². The van der Waals surface area contributed by atoms with Crippen LogP contribution in [0.5, 0.6) is 0 Å². The number of nitrogens with zero attached hydrogens (tertiary/aromatic N) is 1. The molecule has 0 aromatic heterocycles. The molecule has 1 aliphatic heterocycles. The highest BCUT2D eigenvalue weighted by Crippen LogP contribution is 2.55.